The van der Waals surface area contributed by atoms with Gasteiger partial charge in [0.15, 0.2) is 0 Å². The van der Waals surface area contributed by atoms with Gasteiger partial charge in [-0.2, -0.15) is 4.31 Å². The number of rotatable bonds is 3. The molecule has 21 heavy (non-hydrogen) atoms. The number of aliphatic hydroxyl groups excluding tert-OH is 2. The van der Waals surface area contributed by atoms with Crippen molar-refractivity contribution in [3.05, 3.63) is 29.8 Å². The second kappa shape index (κ2) is 7.05. The van der Waals surface area contributed by atoms with Gasteiger partial charge in [0, 0.05) is 25.3 Å². The molecule has 2 N–H and O–H groups in total. The van der Waals surface area contributed by atoms with Crippen molar-refractivity contribution >= 4 is 10.0 Å². The van der Waals surface area contributed by atoms with Crippen LogP contribution in [-0.2, 0) is 10.0 Å². The molecule has 1 fully saturated rings. The first-order valence-electron chi connectivity index (χ1n) is 6.88. The molecule has 1 unspecified atom stereocenters. The smallest absolute Gasteiger partial charge is 0.243 e. The van der Waals surface area contributed by atoms with Crippen LogP contribution in [0, 0.1) is 17.8 Å². The molecule has 2 rings (SSSR count). The third kappa shape index (κ3) is 3.83. The van der Waals surface area contributed by atoms with Crippen molar-refractivity contribution in [3.8, 4) is 11.8 Å². The summed E-state index contributed by atoms with van der Waals surface area (Å²) in [6.07, 6.45) is 1.61. The molecule has 1 heterocycles. The van der Waals surface area contributed by atoms with E-state index in [9.17, 15) is 13.5 Å². The molecule has 0 saturated carbocycles. The fourth-order valence-electron chi connectivity index (χ4n) is 2.42. The summed E-state index contributed by atoms with van der Waals surface area (Å²) >= 11 is 0. The molecule has 1 aromatic carbocycles. The Bertz CT molecular complexity index is 645. The Morgan fingerprint density at radius 2 is 2.14 bits per heavy atom. The van der Waals surface area contributed by atoms with E-state index in [4.69, 9.17) is 5.11 Å². The maximum Gasteiger partial charge on any atom is 0.243 e. The summed E-state index contributed by atoms with van der Waals surface area (Å²) in [7, 11) is -3.56. The summed E-state index contributed by atoms with van der Waals surface area (Å²) < 4.78 is 26.7. The quantitative estimate of drug-likeness (QED) is 0.794. The zero-order chi connectivity index (χ0) is 15.3. The number of hydrogen-bond acceptors (Lipinski definition) is 4. The fraction of sp³-hybridized carbons (Fsp3) is 0.467. The number of hydrogen-bond donors (Lipinski definition) is 2. The van der Waals surface area contributed by atoms with E-state index < -0.39 is 10.0 Å². The van der Waals surface area contributed by atoms with Crippen LogP contribution < -0.4 is 0 Å². The third-order valence-corrected chi connectivity index (χ3v) is 5.38. The number of aliphatic hydroxyl groups is 2. The SMILES string of the molecule is O=S(=O)(c1cccc(C#CCO)c1)N1CCCC(CO)C1. The average Bonchev–Trinajstić information content (AvgIpc) is 2.53. The highest BCUT2D eigenvalue weighted by atomic mass is 32.2. The average molecular weight is 309 g/mol. The van der Waals surface area contributed by atoms with Gasteiger partial charge in [-0.15, -0.1) is 0 Å². The molecule has 0 amide bonds. The van der Waals surface area contributed by atoms with Gasteiger partial charge in [0.05, 0.1) is 4.90 Å². The lowest BCUT2D eigenvalue weighted by Gasteiger charge is -2.30. The highest BCUT2D eigenvalue weighted by molar-refractivity contribution is 7.89. The van der Waals surface area contributed by atoms with Gasteiger partial charge in [0.25, 0.3) is 0 Å². The van der Waals surface area contributed by atoms with Crippen LogP contribution in [0.15, 0.2) is 29.2 Å². The van der Waals surface area contributed by atoms with Crippen LogP contribution in [0.4, 0.5) is 0 Å². The predicted octanol–water partition coefficient (Wildman–Crippen LogP) is 0.423. The van der Waals surface area contributed by atoms with Crippen molar-refractivity contribution in [3.63, 3.8) is 0 Å². The van der Waals surface area contributed by atoms with Gasteiger partial charge in [0.2, 0.25) is 10.0 Å². The van der Waals surface area contributed by atoms with Crippen LogP contribution >= 0.6 is 0 Å². The van der Waals surface area contributed by atoms with Gasteiger partial charge in [-0.3, -0.25) is 0 Å². The lowest BCUT2D eigenvalue weighted by Crippen LogP contribution is -2.40. The van der Waals surface area contributed by atoms with Crippen LogP contribution in [0.25, 0.3) is 0 Å². The van der Waals surface area contributed by atoms with Gasteiger partial charge >= 0.3 is 0 Å². The second-order valence-electron chi connectivity index (χ2n) is 5.04. The molecule has 1 aliphatic rings. The minimum atomic E-state index is -3.56. The Labute approximate surface area is 125 Å². The minimum Gasteiger partial charge on any atom is -0.396 e. The van der Waals surface area contributed by atoms with E-state index in [0.717, 1.165) is 12.8 Å². The van der Waals surface area contributed by atoms with E-state index in [2.05, 4.69) is 11.8 Å². The van der Waals surface area contributed by atoms with Crippen LogP contribution in [0.1, 0.15) is 18.4 Å². The molecule has 1 saturated heterocycles. The number of piperidine rings is 1. The van der Waals surface area contributed by atoms with Gasteiger partial charge in [0.1, 0.15) is 6.61 Å². The largest absolute Gasteiger partial charge is 0.396 e. The zero-order valence-corrected chi connectivity index (χ0v) is 12.5. The summed E-state index contributed by atoms with van der Waals surface area (Å²) in [4.78, 5) is 0.200. The van der Waals surface area contributed by atoms with E-state index in [1.54, 1.807) is 18.2 Å². The Balaban J connectivity index is 2.26. The maximum atomic E-state index is 12.6. The van der Waals surface area contributed by atoms with Gasteiger partial charge in [-0.1, -0.05) is 17.9 Å². The molecule has 1 aromatic rings. The molecule has 1 aliphatic heterocycles. The lowest BCUT2D eigenvalue weighted by molar-refractivity contribution is 0.165. The van der Waals surface area contributed by atoms with E-state index >= 15 is 0 Å². The molecule has 0 spiro atoms. The molecule has 0 aromatic heterocycles. The summed E-state index contributed by atoms with van der Waals surface area (Å²) in [6, 6.07) is 6.40. The Morgan fingerprint density at radius 1 is 1.33 bits per heavy atom. The van der Waals surface area contributed by atoms with Crippen molar-refractivity contribution in [2.24, 2.45) is 5.92 Å². The van der Waals surface area contributed by atoms with E-state index in [-0.39, 0.29) is 24.0 Å². The monoisotopic (exact) mass is 309 g/mol. The number of nitrogens with zero attached hydrogens (tertiary/aromatic N) is 1. The topological polar surface area (TPSA) is 77.8 Å². The second-order valence-corrected chi connectivity index (χ2v) is 6.98. The molecule has 0 bridgehead atoms. The lowest BCUT2D eigenvalue weighted by atomic mass is 10.0. The molecule has 5 nitrogen and oxygen atoms in total. The van der Waals surface area contributed by atoms with Crippen molar-refractivity contribution < 1.29 is 18.6 Å². The van der Waals surface area contributed by atoms with Crippen molar-refractivity contribution in [2.75, 3.05) is 26.3 Å². The predicted molar refractivity (Wildman–Crippen MR) is 79.0 cm³/mol. The molecular weight excluding hydrogens is 290 g/mol. The first-order valence-corrected chi connectivity index (χ1v) is 8.32. The van der Waals surface area contributed by atoms with E-state index in [0.29, 0.717) is 18.7 Å². The Kier molecular flexibility index (Phi) is 5.37. The van der Waals surface area contributed by atoms with Crippen LogP contribution in [0.3, 0.4) is 0 Å². The Hall–Kier alpha value is -1.39. The maximum absolute atomic E-state index is 12.6. The summed E-state index contributed by atoms with van der Waals surface area (Å²) in [5.74, 6) is 5.22. The van der Waals surface area contributed by atoms with E-state index in [1.165, 1.54) is 10.4 Å². The fourth-order valence-corrected chi connectivity index (χ4v) is 4.02. The summed E-state index contributed by atoms with van der Waals surface area (Å²) in [6.45, 7) is 0.575. The standard InChI is InChI=1S/C15H19NO4S/c17-9-3-6-13-4-1-7-15(10-13)21(19,20)16-8-2-5-14(11-16)12-18/h1,4,7,10,14,17-18H,2,5,8-9,11-12H2. The third-order valence-electron chi connectivity index (χ3n) is 3.52. The first-order chi connectivity index (χ1) is 10.1. The Morgan fingerprint density at radius 3 is 2.86 bits per heavy atom. The molecule has 6 heteroatoms. The highest BCUT2D eigenvalue weighted by Gasteiger charge is 2.29. The van der Waals surface area contributed by atoms with Gasteiger partial charge in [-0.05, 0) is 37.0 Å². The van der Waals surface area contributed by atoms with Crippen LogP contribution in [0.5, 0.6) is 0 Å². The number of sulfonamides is 1. The normalized spacial score (nSPS) is 19.8. The molecule has 0 aliphatic carbocycles. The van der Waals surface area contributed by atoms with Gasteiger partial charge < -0.3 is 10.2 Å². The summed E-state index contributed by atoms with van der Waals surface area (Å²) in [5.41, 5.74) is 0.556. The number of benzene rings is 1. The van der Waals surface area contributed by atoms with Crippen molar-refractivity contribution in [2.45, 2.75) is 17.7 Å². The molecule has 1 atom stereocenters. The zero-order valence-electron chi connectivity index (χ0n) is 11.7. The minimum absolute atomic E-state index is 0.00545. The highest BCUT2D eigenvalue weighted by Crippen LogP contribution is 2.23. The van der Waals surface area contributed by atoms with E-state index in [1.807, 2.05) is 0 Å². The van der Waals surface area contributed by atoms with Crippen molar-refractivity contribution in [1.29, 1.82) is 0 Å². The molecular formula is C15H19NO4S. The molecule has 114 valence electrons. The van der Waals surface area contributed by atoms with Crippen LogP contribution in [0.2, 0.25) is 0 Å². The summed E-state index contributed by atoms with van der Waals surface area (Å²) in [5, 5.41) is 17.9. The molecule has 0 radical (unpaired) electrons. The van der Waals surface area contributed by atoms with Crippen LogP contribution in [-0.4, -0.2) is 49.2 Å². The first kappa shape index (κ1) is 16.0. The van der Waals surface area contributed by atoms with Crippen molar-refractivity contribution in [1.82, 2.24) is 4.31 Å². The van der Waals surface area contributed by atoms with Gasteiger partial charge in [-0.25, -0.2) is 8.42 Å².